The van der Waals surface area contributed by atoms with Crippen LogP contribution in [0.1, 0.15) is 19.3 Å². The van der Waals surface area contributed by atoms with Crippen molar-refractivity contribution in [3.8, 4) is 17.2 Å². The van der Waals surface area contributed by atoms with Gasteiger partial charge in [-0.05, 0) is 12.8 Å². The number of anilines is 1. The third-order valence-corrected chi connectivity index (χ3v) is 5.37. The zero-order chi connectivity index (χ0) is 19.6. The molecule has 2 aliphatic rings. The van der Waals surface area contributed by atoms with Crippen molar-refractivity contribution in [3.05, 3.63) is 12.1 Å². The first-order valence-electron chi connectivity index (χ1n) is 9.15. The number of rotatable bonds is 6. The van der Waals surface area contributed by atoms with Crippen molar-refractivity contribution in [2.75, 3.05) is 45.9 Å². The highest BCUT2D eigenvalue weighted by atomic mass is 35.5. The maximum atomic E-state index is 12.9. The zero-order valence-corrected chi connectivity index (χ0v) is 17.3. The van der Waals surface area contributed by atoms with Gasteiger partial charge in [-0.1, -0.05) is 0 Å². The van der Waals surface area contributed by atoms with Crippen molar-refractivity contribution in [1.29, 1.82) is 0 Å². The van der Waals surface area contributed by atoms with Gasteiger partial charge in [0.15, 0.2) is 11.5 Å². The molecule has 156 valence electrons. The average Bonchev–Trinajstić information content (AvgIpc) is 3.32. The third-order valence-electron chi connectivity index (χ3n) is 5.37. The van der Waals surface area contributed by atoms with E-state index in [0.29, 0.717) is 36.0 Å². The molecule has 1 aromatic carbocycles. The summed E-state index contributed by atoms with van der Waals surface area (Å²) >= 11 is 0. The van der Waals surface area contributed by atoms with Crippen molar-refractivity contribution in [1.82, 2.24) is 4.90 Å². The van der Waals surface area contributed by atoms with Gasteiger partial charge >= 0.3 is 0 Å². The van der Waals surface area contributed by atoms with Crippen LogP contribution in [0, 0.1) is 5.92 Å². The Morgan fingerprint density at radius 1 is 1.18 bits per heavy atom. The molecule has 0 aromatic heterocycles. The molecule has 2 N–H and O–H groups in total. The maximum absolute atomic E-state index is 12.9. The zero-order valence-electron chi connectivity index (χ0n) is 16.5. The fraction of sp³-hybridized carbons (Fsp3) is 0.579. The molecular weight excluding hydrogens is 386 g/mol. The summed E-state index contributed by atoms with van der Waals surface area (Å²) in [5.74, 6) is 0.973. The van der Waals surface area contributed by atoms with E-state index in [1.165, 1.54) is 21.3 Å². The molecule has 0 spiro atoms. The Labute approximate surface area is 171 Å². The van der Waals surface area contributed by atoms with Crippen LogP contribution in [0.3, 0.4) is 0 Å². The molecule has 2 aliphatic heterocycles. The number of likely N-dealkylation sites (tertiary alicyclic amines) is 1. The highest BCUT2D eigenvalue weighted by Gasteiger charge is 2.40. The van der Waals surface area contributed by atoms with E-state index in [-0.39, 0.29) is 42.6 Å². The van der Waals surface area contributed by atoms with Gasteiger partial charge in [-0.25, -0.2) is 0 Å². The van der Waals surface area contributed by atoms with Gasteiger partial charge in [0.25, 0.3) is 0 Å². The second-order valence-corrected chi connectivity index (χ2v) is 6.85. The highest BCUT2D eigenvalue weighted by molar-refractivity contribution is 6.00. The standard InChI is InChI=1S/C19H27N3O5.ClH/c1-25-15-8-14(9-16(26-2)18(15)27-3)22-11-12(7-17(22)23)19(24)21-6-4-5-13(21)10-20;/h8-9,12-13H,4-7,10-11,20H2,1-3H3;1H. The molecule has 0 aliphatic carbocycles. The summed E-state index contributed by atoms with van der Waals surface area (Å²) in [6.45, 7) is 1.52. The van der Waals surface area contributed by atoms with Crippen LogP contribution >= 0.6 is 12.4 Å². The second-order valence-electron chi connectivity index (χ2n) is 6.85. The molecule has 9 heteroatoms. The lowest BCUT2D eigenvalue weighted by atomic mass is 10.1. The summed E-state index contributed by atoms with van der Waals surface area (Å²) in [6.07, 6.45) is 2.09. The SMILES string of the molecule is COc1cc(N2CC(C(=O)N3CCCC3CN)CC2=O)cc(OC)c1OC.Cl. The number of nitrogens with two attached hydrogens (primary N) is 1. The summed E-state index contributed by atoms with van der Waals surface area (Å²) in [7, 11) is 4.58. The fourth-order valence-electron chi connectivity index (χ4n) is 3.95. The van der Waals surface area contributed by atoms with Crippen molar-refractivity contribution < 1.29 is 23.8 Å². The Bertz CT molecular complexity index is 705. The molecule has 2 fully saturated rings. The van der Waals surface area contributed by atoms with E-state index >= 15 is 0 Å². The lowest BCUT2D eigenvalue weighted by Crippen LogP contribution is -2.43. The lowest BCUT2D eigenvalue weighted by Gasteiger charge is -2.26. The summed E-state index contributed by atoms with van der Waals surface area (Å²) in [5, 5.41) is 0. The number of halogens is 1. The van der Waals surface area contributed by atoms with Crippen LogP contribution in [-0.2, 0) is 9.59 Å². The summed E-state index contributed by atoms with van der Waals surface area (Å²) < 4.78 is 16.1. The first-order chi connectivity index (χ1) is 13.0. The minimum atomic E-state index is -0.358. The maximum Gasteiger partial charge on any atom is 0.228 e. The molecule has 2 heterocycles. The van der Waals surface area contributed by atoms with E-state index in [9.17, 15) is 9.59 Å². The number of methoxy groups -OCH3 is 3. The van der Waals surface area contributed by atoms with Crippen LogP contribution in [0.2, 0.25) is 0 Å². The van der Waals surface area contributed by atoms with Gasteiger partial charge < -0.3 is 29.7 Å². The normalized spacial score (nSPS) is 21.5. The highest BCUT2D eigenvalue weighted by Crippen LogP contribution is 2.42. The van der Waals surface area contributed by atoms with E-state index < -0.39 is 0 Å². The van der Waals surface area contributed by atoms with Crippen LogP contribution in [-0.4, -0.2) is 63.7 Å². The molecule has 2 amide bonds. The van der Waals surface area contributed by atoms with Gasteiger partial charge in [0.05, 0.1) is 32.9 Å². The molecular formula is C19H28ClN3O5. The number of hydrogen-bond acceptors (Lipinski definition) is 6. The number of benzene rings is 1. The molecule has 0 bridgehead atoms. The first kappa shape index (κ1) is 22.1. The number of ether oxygens (including phenoxy) is 3. The van der Waals surface area contributed by atoms with E-state index in [0.717, 1.165) is 19.4 Å². The number of carbonyl (C=O) groups is 2. The van der Waals surface area contributed by atoms with E-state index in [2.05, 4.69) is 0 Å². The fourth-order valence-corrected chi connectivity index (χ4v) is 3.95. The van der Waals surface area contributed by atoms with Crippen molar-refractivity contribution >= 4 is 29.9 Å². The van der Waals surface area contributed by atoms with Gasteiger partial charge in [-0.15, -0.1) is 12.4 Å². The Kier molecular flexibility index (Phi) is 7.37. The average molecular weight is 414 g/mol. The predicted octanol–water partition coefficient (Wildman–Crippen LogP) is 1.44. The van der Waals surface area contributed by atoms with Crippen LogP contribution < -0.4 is 24.8 Å². The minimum absolute atomic E-state index is 0. The summed E-state index contributed by atoms with van der Waals surface area (Å²) in [6, 6.07) is 3.54. The van der Waals surface area contributed by atoms with Crippen molar-refractivity contribution in [2.45, 2.75) is 25.3 Å². The van der Waals surface area contributed by atoms with Crippen LogP contribution in [0.4, 0.5) is 5.69 Å². The monoisotopic (exact) mass is 413 g/mol. The van der Waals surface area contributed by atoms with Crippen LogP contribution in [0.15, 0.2) is 12.1 Å². The lowest BCUT2D eigenvalue weighted by molar-refractivity contribution is -0.136. The van der Waals surface area contributed by atoms with E-state index in [1.807, 2.05) is 4.90 Å². The second kappa shape index (κ2) is 9.34. The minimum Gasteiger partial charge on any atom is -0.493 e. The van der Waals surface area contributed by atoms with Crippen LogP contribution in [0.5, 0.6) is 17.2 Å². The molecule has 2 atom stereocenters. The number of amides is 2. The van der Waals surface area contributed by atoms with Gasteiger partial charge in [-0.2, -0.15) is 0 Å². The van der Waals surface area contributed by atoms with Gasteiger partial charge in [0, 0.05) is 44.2 Å². The molecule has 3 rings (SSSR count). The van der Waals surface area contributed by atoms with Gasteiger partial charge in [0.1, 0.15) is 0 Å². The quantitative estimate of drug-likeness (QED) is 0.758. The first-order valence-corrected chi connectivity index (χ1v) is 9.15. The van der Waals surface area contributed by atoms with Gasteiger partial charge in [-0.3, -0.25) is 9.59 Å². The Morgan fingerprint density at radius 3 is 2.36 bits per heavy atom. The van der Waals surface area contributed by atoms with Gasteiger partial charge in [0.2, 0.25) is 17.6 Å². The van der Waals surface area contributed by atoms with E-state index in [4.69, 9.17) is 19.9 Å². The summed E-state index contributed by atoms with van der Waals surface area (Å²) in [5.41, 5.74) is 6.41. The number of hydrogen-bond donors (Lipinski definition) is 1. The topological polar surface area (TPSA) is 94.3 Å². The van der Waals surface area contributed by atoms with Crippen molar-refractivity contribution in [2.24, 2.45) is 11.7 Å². The van der Waals surface area contributed by atoms with Crippen LogP contribution in [0.25, 0.3) is 0 Å². The molecule has 2 unspecified atom stereocenters. The van der Waals surface area contributed by atoms with Crippen molar-refractivity contribution in [3.63, 3.8) is 0 Å². The largest absolute Gasteiger partial charge is 0.493 e. The smallest absolute Gasteiger partial charge is 0.228 e. The molecule has 1 aromatic rings. The molecule has 8 nitrogen and oxygen atoms in total. The van der Waals surface area contributed by atoms with E-state index in [1.54, 1.807) is 17.0 Å². The molecule has 28 heavy (non-hydrogen) atoms. The predicted molar refractivity (Wildman–Crippen MR) is 108 cm³/mol. The number of carbonyl (C=O) groups excluding carboxylic acids is 2. The summed E-state index contributed by atoms with van der Waals surface area (Å²) in [4.78, 5) is 29.0. The molecule has 0 radical (unpaired) electrons. The number of nitrogens with zero attached hydrogens (tertiary/aromatic N) is 2. The Balaban J connectivity index is 0.00000280. The Morgan fingerprint density at radius 2 is 1.82 bits per heavy atom. The molecule has 2 saturated heterocycles. The third kappa shape index (κ3) is 3.98. The Hall–Kier alpha value is -2.19. The molecule has 0 saturated carbocycles.